The summed E-state index contributed by atoms with van der Waals surface area (Å²) >= 11 is 3.67. The third kappa shape index (κ3) is 13.6. The fourth-order valence-corrected chi connectivity index (χ4v) is 0. The van der Waals surface area contributed by atoms with Gasteiger partial charge >= 0.3 is 0 Å². The Morgan fingerprint density at radius 1 is 1.60 bits per heavy atom. The highest BCUT2D eigenvalue weighted by atomic mass is 32.1. The number of hydrogen-bond acceptors (Lipinski definition) is 3. The number of aliphatic hydroxyl groups excluding tert-OH is 1. The molecule has 0 amide bonds. The van der Waals surface area contributed by atoms with Crippen LogP contribution in [0.5, 0.6) is 0 Å². The van der Waals surface area contributed by atoms with Crippen molar-refractivity contribution in [3.63, 3.8) is 0 Å². The van der Waals surface area contributed by atoms with Crippen LogP contribution < -0.4 is 6.15 Å². The second-order valence-corrected chi connectivity index (χ2v) is 0.894. The zero-order chi connectivity index (χ0) is 3.41. The molecular formula is C2H9NOS. The molecule has 34 valence electrons. The quantitative estimate of drug-likeness (QED) is 0.404. The summed E-state index contributed by atoms with van der Waals surface area (Å²) in [5.41, 5.74) is 0. The van der Waals surface area contributed by atoms with E-state index in [1.165, 1.54) is 0 Å². The van der Waals surface area contributed by atoms with E-state index in [0.29, 0.717) is 5.75 Å². The van der Waals surface area contributed by atoms with Gasteiger partial charge in [0.25, 0.3) is 0 Å². The Kier molecular flexibility index (Phi) is 15.9. The first-order chi connectivity index (χ1) is 1.91. The minimum atomic E-state index is 0. The van der Waals surface area contributed by atoms with Crippen LogP contribution in [0.25, 0.3) is 0 Å². The molecule has 0 fully saturated rings. The molecule has 0 atom stereocenters. The number of aliphatic hydroxyl groups is 1. The summed E-state index contributed by atoms with van der Waals surface area (Å²) in [5, 5.41) is 7.80. The molecule has 0 saturated heterocycles. The van der Waals surface area contributed by atoms with E-state index in [1.54, 1.807) is 0 Å². The number of rotatable bonds is 1. The van der Waals surface area contributed by atoms with Crippen LogP contribution in [0.2, 0.25) is 0 Å². The summed E-state index contributed by atoms with van der Waals surface area (Å²) in [7, 11) is 0. The van der Waals surface area contributed by atoms with Gasteiger partial charge in [-0.15, -0.1) is 0 Å². The Balaban J connectivity index is 0. The SMILES string of the molecule is N.OCCS. The average molecular weight is 95.2 g/mol. The molecule has 4 N–H and O–H groups in total. The molecule has 0 aromatic carbocycles. The molecule has 0 saturated carbocycles. The van der Waals surface area contributed by atoms with Crippen molar-refractivity contribution >= 4 is 12.6 Å². The smallest absolute Gasteiger partial charge is 0.0519 e. The Labute approximate surface area is 37.2 Å². The predicted molar refractivity (Wildman–Crippen MR) is 26.0 cm³/mol. The van der Waals surface area contributed by atoms with Crippen molar-refractivity contribution < 1.29 is 5.11 Å². The fourth-order valence-electron chi connectivity index (χ4n) is 0. The molecule has 0 aliphatic carbocycles. The van der Waals surface area contributed by atoms with Crippen LogP contribution in [0, 0.1) is 0 Å². The first-order valence-corrected chi connectivity index (χ1v) is 1.76. The van der Waals surface area contributed by atoms with E-state index in [-0.39, 0.29) is 12.8 Å². The van der Waals surface area contributed by atoms with Crippen LogP contribution in [-0.2, 0) is 0 Å². The van der Waals surface area contributed by atoms with E-state index in [1.807, 2.05) is 0 Å². The second-order valence-electron chi connectivity index (χ2n) is 0.447. The van der Waals surface area contributed by atoms with Gasteiger partial charge in [0.1, 0.15) is 0 Å². The molecule has 0 aromatic rings. The van der Waals surface area contributed by atoms with E-state index >= 15 is 0 Å². The van der Waals surface area contributed by atoms with Crippen molar-refractivity contribution in [3.8, 4) is 0 Å². The summed E-state index contributed by atoms with van der Waals surface area (Å²) in [4.78, 5) is 0. The maximum absolute atomic E-state index is 7.80. The van der Waals surface area contributed by atoms with Crippen LogP contribution in [-0.4, -0.2) is 17.5 Å². The van der Waals surface area contributed by atoms with Gasteiger partial charge in [-0.25, -0.2) is 0 Å². The van der Waals surface area contributed by atoms with Crippen molar-refractivity contribution in [3.05, 3.63) is 0 Å². The molecule has 0 aromatic heterocycles. The van der Waals surface area contributed by atoms with Gasteiger partial charge in [-0.05, 0) is 0 Å². The number of thiol groups is 1. The van der Waals surface area contributed by atoms with Crippen molar-refractivity contribution in [2.75, 3.05) is 12.4 Å². The minimum Gasteiger partial charge on any atom is -0.396 e. The molecule has 0 aliphatic heterocycles. The van der Waals surface area contributed by atoms with Crippen LogP contribution in [0.1, 0.15) is 0 Å². The van der Waals surface area contributed by atoms with Crippen LogP contribution >= 0.6 is 12.6 Å². The van der Waals surface area contributed by atoms with Crippen LogP contribution in [0.4, 0.5) is 0 Å². The van der Waals surface area contributed by atoms with Gasteiger partial charge in [0.2, 0.25) is 0 Å². The first-order valence-electron chi connectivity index (χ1n) is 1.13. The normalized spacial score (nSPS) is 6.00. The summed E-state index contributed by atoms with van der Waals surface area (Å²) in [6, 6.07) is 0. The monoisotopic (exact) mass is 95.0 g/mol. The summed E-state index contributed by atoms with van der Waals surface area (Å²) < 4.78 is 0. The molecule has 0 bridgehead atoms. The molecule has 0 radical (unpaired) electrons. The zero-order valence-corrected chi connectivity index (χ0v) is 3.91. The van der Waals surface area contributed by atoms with Crippen molar-refractivity contribution in [1.82, 2.24) is 6.15 Å². The lowest BCUT2D eigenvalue weighted by Gasteiger charge is -1.69. The van der Waals surface area contributed by atoms with Gasteiger partial charge in [-0.2, -0.15) is 12.6 Å². The fraction of sp³-hybridized carbons (Fsp3) is 1.00. The standard InChI is InChI=1S/C2H6OS.H3N/c3-1-2-4;/h3-4H,1-2H2;1H3. The van der Waals surface area contributed by atoms with Gasteiger partial charge in [0.05, 0.1) is 6.61 Å². The molecule has 2 nitrogen and oxygen atoms in total. The maximum atomic E-state index is 7.80. The second kappa shape index (κ2) is 8.86. The third-order valence-electron chi connectivity index (χ3n) is 0.1000. The molecule has 0 unspecified atom stereocenters. The third-order valence-corrected chi connectivity index (χ3v) is 0.300. The highest BCUT2D eigenvalue weighted by Gasteiger charge is 1.57. The Morgan fingerprint density at radius 2 is 1.80 bits per heavy atom. The molecule has 0 heterocycles. The summed E-state index contributed by atoms with van der Waals surface area (Å²) in [5.74, 6) is 0.569. The highest BCUT2D eigenvalue weighted by molar-refractivity contribution is 7.80. The van der Waals surface area contributed by atoms with Crippen LogP contribution in [0.15, 0.2) is 0 Å². The molecule has 5 heavy (non-hydrogen) atoms. The Morgan fingerprint density at radius 3 is 1.80 bits per heavy atom. The van der Waals surface area contributed by atoms with E-state index in [4.69, 9.17) is 5.11 Å². The molecular weight excluding hydrogens is 86.1 g/mol. The van der Waals surface area contributed by atoms with Crippen LogP contribution in [0.3, 0.4) is 0 Å². The van der Waals surface area contributed by atoms with Crippen molar-refractivity contribution in [1.29, 1.82) is 0 Å². The number of hydrogen-bond donors (Lipinski definition) is 3. The lowest BCUT2D eigenvalue weighted by atomic mass is 10.9. The summed E-state index contributed by atoms with van der Waals surface area (Å²) in [6.45, 7) is 0.184. The molecule has 0 spiro atoms. The Hall–Kier alpha value is 0.270. The molecule has 0 aliphatic rings. The highest BCUT2D eigenvalue weighted by Crippen LogP contribution is 1.61. The zero-order valence-electron chi connectivity index (χ0n) is 3.02. The van der Waals surface area contributed by atoms with Gasteiger partial charge in [0, 0.05) is 5.75 Å². The van der Waals surface area contributed by atoms with Crippen molar-refractivity contribution in [2.24, 2.45) is 0 Å². The average Bonchev–Trinajstić information content (AvgIpc) is 1.37. The largest absolute Gasteiger partial charge is 0.396 e. The molecule has 3 heteroatoms. The minimum absolute atomic E-state index is 0. The lowest BCUT2D eigenvalue weighted by molar-refractivity contribution is 0.323. The first kappa shape index (κ1) is 8.99. The summed E-state index contributed by atoms with van der Waals surface area (Å²) in [6.07, 6.45) is 0. The molecule has 0 rings (SSSR count). The van der Waals surface area contributed by atoms with Gasteiger partial charge in [-0.3, -0.25) is 0 Å². The topological polar surface area (TPSA) is 55.2 Å². The van der Waals surface area contributed by atoms with E-state index < -0.39 is 0 Å². The van der Waals surface area contributed by atoms with Gasteiger partial charge in [0.15, 0.2) is 0 Å². The Bertz CT molecular complexity index is 11.6. The van der Waals surface area contributed by atoms with Gasteiger partial charge in [-0.1, -0.05) is 0 Å². The predicted octanol–water partition coefficient (Wildman–Crippen LogP) is 0.0705. The van der Waals surface area contributed by atoms with E-state index in [2.05, 4.69) is 12.6 Å². The lowest BCUT2D eigenvalue weighted by Crippen LogP contribution is -1.76. The van der Waals surface area contributed by atoms with Crippen molar-refractivity contribution in [2.45, 2.75) is 0 Å². The maximum Gasteiger partial charge on any atom is 0.0519 e. The van der Waals surface area contributed by atoms with Gasteiger partial charge < -0.3 is 11.3 Å². The van der Waals surface area contributed by atoms with E-state index in [0.717, 1.165) is 0 Å². The van der Waals surface area contributed by atoms with E-state index in [9.17, 15) is 0 Å².